The molecule has 1 N–H and O–H groups in total. The highest BCUT2D eigenvalue weighted by molar-refractivity contribution is 5.54. The normalized spacial score (nSPS) is 11.1. The van der Waals surface area contributed by atoms with Gasteiger partial charge in [0.15, 0.2) is 0 Å². The van der Waals surface area contributed by atoms with Crippen molar-refractivity contribution >= 4 is 17.7 Å². The second-order valence-electron chi connectivity index (χ2n) is 6.70. The third kappa shape index (κ3) is 5.49. The van der Waals surface area contributed by atoms with Crippen LogP contribution in [-0.4, -0.2) is 22.6 Å². The topological polar surface area (TPSA) is 33.1 Å². The largest absolute Gasteiger partial charge is 0.372 e. The smallest absolute Gasteiger partial charge is 0.203 e. The van der Waals surface area contributed by atoms with Gasteiger partial charge in [0.1, 0.15) is 0 Å². The maximum absolute atomic E-state index is 4.76. The van der Waals surface area contributed by atoms with Crippen molar-refractivity contribution in [2.75, 3.05) is 23.3 Å². The van der Waals surface area contributed by atoms with Gasteiger partial charge in [-0.15, -0.1) is 0 Å². The molecule has 0 aliphatic heterocycles. The summed E-state index contributed by atoms with van der Waals surface area (Å²) in [5.74, 6) is 0.942. The van der Waals surface area contributed by atoms with Crippen molar-refractivity contribution in [3.05, 3.63) is 59.9 Å². The molecule has 1 heterocycles. The van der Waals surface area contributed by atoms with Gasteiger partial charge in [0.2, 0.25) is 5.95 Å². The first-order valence-electron chi connectivity index (χ1n) is 10.1. The molecule has 0 unspecified atom stereocenters. The van der Waals surface area contributed by atoms with Crippen LogP contribution in [0.3, 0.4) is 0 Å². The lowest BCUT2D eigenvalue weighted by Gasteiger charge is -2.21. The van der Waals surface area contributed by atoms with Gasteiger partial charge in [0.25, 0.3) is 0 Å². The minimum absolute atomic E-state index is 0.770. The second kappa shape index (κ2) is 10.6. The summed E-state index contributed by atoms with van der Waals surface area (Å²) < 4.78 is 2.28. The Hall–Kier alpha value is -2.49. The average Bonchev–Trinajstić information content (AvgIpc) is 2.99. The van der Waals surface area contributed by atoms with Crippen LogP contribution in [-0.2, 0) is 13.1 Å². The van der Waals surface area contributed by atoms with Gasteiger partial charge in [-0.3, -0.25) is 0 Å². The van der Waals surface area contributed by atoms with Crippen LogP contribution in [0, 0.1) is 6.92 Å². The summed E-state index contributed by atoms with van der Waals surface area (Å²) in [5, 5.41) is 3.53. The van der Waals surface area contributed by atoms with E-state index in [-0.39, 0.29) is 0 Å². The average molecular weight is 367 g/mol. The van der Waals surface area contributed by atoms with Gasteiger partial charge in [-0.25, -0.2) is 4.98 Å². The minimum Gasteiger partial charge on any atom is -0.372 e. The molecule has 1 aromatic heterocycles. The Morgan fingerprint density at radius 1 is 1.15 bits per heavy atom. The standard InChI is InChI=1S/C23H34N4/c1-6-10-12-22-19(5)25-23(27(22)17-11-7-2)24-18-20-13-15-21(16-14-20)26(8-3)9-4/h6,10,12-16H,1,7-9,11,17-18H2,2-5H3,(H,24,25)/b12-10-. The van der Waals surface area contributed by atoms with Gasteiger partial charge >= 0.3 is 0 Å². The van der Waals surface area contributed by atoms with Crippen LogP contribution in [0.15, 0.2) is 43.0 Å². The number of imidazole rings is 1. The lowest BCUT2D eigenvalue weighted by molar-refractivity contribution is 0.631. The van der Waals surface area contributed by atoms with Crippen molar-refractivity contribution in [2.45, 2.75) is 53.6 Å². The molecule has 0 saturated heterocycles. The van der Waals surface area contributed by atoms with Gasteiger partial charge in [-0.05, 0) is 51.0 Å². The van der Waals surface area contributed by atoms with Crippen molar-refractivity contribution < 1.29 is 0 Å². The highest BCUT2D eigenvalue weighted by Crippen LogP contribution is 2.20. The van der Waals surface area contributed by atoms with Crippen LogP contribution in [0.5, 0.6) is 0 Å². The zero-order valence-electron chi connectivity index (χ0n) is 17.3. The number of benzene rings is 1. The Morgan fingerprint density at radius 3 is 2.44 bits per heavy atom. The van der Waals surface area contributed by atoms with Crippen molar-refractivity contribution in [3.63, 3.8) is 0 Å². The number of aryl methyl sites for hydroxylation is 1. The molecule has 2 rings (SSSR count). The van der Waals surface area contributed by atoms with Crippen LogP contribution in [0.1, 0.15) is 50.6 Å². The van der Waals surface area contributed by atoms with Crippen LogP contribution >= 0.6 is 0 Å². The molecule has 0 bridgehead atoms. The molecule has 4 heteroatoms. The highest BCUT2D eigenvalue weighted by atomic mass is 15.2. The quantitative estimate of drug-likeness (QED) is 0.522. The van der Waals surface area contributed by atoms with E-state index in [2.05, 4.69) is 79.4 Å². The first-order valence-corrected chi connectivity index (χ1v) is 10.1. The minimum atomic E-state index is 0.770. The van der Waals surface area contributed by atoms with Crippen molar-refractivity contribution in [1.29, 1.82) is 0 Å². The van der Waals surface area contributed by atoms with Gasteiger partial charge in [-0.1, -0.05) is 44.2 Å². The first kappa shape index (κ1) is 20.8. The summed E-state index contributed by atoms with van der Waals surface area (Å²) in [6, 6.07) is 8.81. The zero-order valence-corrected chi connectivity index (χ0v) is 17.3. The van der Waals surface area contributed by atoms with Crippen molar-refractivity contribution in [1.82, 2.24) is 9.55 Å². The summed E-state index contributed by atoms with van der Waals surface area (Å²) >= 11 is 0. The number of nitrogens with one attached hydrogen (secondary N) is 1. The van der Waals surface area contributed by atoms with E-state index in [1.165, 1.54) is 11.3 Å². The Bertz CT molecular complexity index is 736. The Morgan fingerprint density at radius 2 is 1.85 bits per heavy atom. The molecule has 27 heavy (non-hydrogen) atoms. The summed E-state index contributed by atoms with van der Waals surface area (Å²) in [7, 11) is 0. The maximum atomic E-state index is 4.76. The highest BCUT2D eigenvalue weighted by Gasteiger charge is 2.12. The van der Waals surface area contributed by atoms with Gasteiger partial charge in [0.05, 0.1) is 11.4 Å². The molecule has 0 aliphatic carbocycles. The number of allylic oxidation sites excluding steroid dienone is 2. The Balaban J connectivity index is 2.14. The van der Waals surface area contributed by atoms with E-state index in [1.807, 2.05) is 6.08 Å². The van der Waals surface area contributed by atoms with Gasteiger partial charge < -0.3 is 14.8 Å². The molecule has 0 saturated carbocycles. The SMILES string of the molecule is C=C/C=C\c1c(C)nc(NCc2ccc(N(CC)CC)cc2)n1CCCC. The lowest BCUT2D eigenvalue weighted by atomic mass is 10.2. The van der Waals surface area contributed by atoms with E-state index < -0.39 is 0 Å². The van der Waals surface area contributed by atoms with Crippen molar-refractivity contribution in [2.24, 2.45) is 0 Å². The summed E-state index contributed by atoms with van der Waals surface area (Å²) in [6.07, 6.45) is 8.17. The van der Waals surface area contributed by atoms with E-state index >= 15 is 0 Å². The van der Waals surface area contributed by atoms with Crippen LogP contribution in [0.4, 0.5) is 11.6 Å². The monoisotopic (exact) mass is 366 g/mol. The number of nitrogens with zero attached hydrogens (tertiary/aromatic N) is 3. The number of hydrogen-bond acceptors (Lipinski definition) is 3. The molecular formula is C23H34N4. The molecular weight excluding hydrogens is 332 g/mol. The summed E-state index contributed by atoms with van der Waals surface area (Å²) in [5.41, 5.74) is 4.74. The molecule has 4 nitrogen and oxygen atoms in total. The predicted molar refractivity (Wildman–Crippen MR) is 118 cm³/mol. The zero-order chi connectivity index (χ0) is 19.6. The number of anilines is 2. The molecule has 2 aromatic rings. The fourth-order valence-corrected chi connectivity index (χ4v) is 3.23. The van der Waals surface area contributed by atoms with E-state index in [4.69, 9.17) is 4.98 Å². The van der Waals surface area contributed by atoms with E-state index in [1.54, 1.807) is 6.08 Å². The molecule has 1 aromatic carbocycles. The number of aromatic nitrogens is 2. The fraction of sp³-hybridized carbons (Fsp3) is 0.435. The lowest BCUT2D eigenvalue weighted by Crippen LogP contribution is -2.21. The second-order valence-corrected chi connectivity index (χ2v) is 6.70. The van der Waals surface area contributed by atoms with E-state index in [0.717, 1.165) is 56.4 Å². The Kier molecular flexibility index (Phi) is 8.18. The number of unbranched alkanes of at least 4 members (excludes halogenated alkanes) is 1. The van der Waals surface area contributed by atoms with Crippen molar-refractivity contribution in [3.8, 4) is 0 Å². The Labute approximate surface area is 164 Å². The number of rotatable bonds is 11. The first-order chi connectivity index (χ1) is 13.1. The maximum Gasteiger partial charge on any atom is 0.203 e. The van der Waals surface area contributed by atoms with Crippen LogP contribution < -0.4 is 10.2 Å². The molecule has 0 fully saturated rings. The molecule has 0 spiro atoms. The molecule has 0 atom stereocenters. The van der Waals surface area contributed by atoms with Crippen LogP contribution in [0.2, 0.25) is 0 Å². The van der Waals surface area contributed by atoms with E-state index in [0.29, 0.717) is 0 Å². The molecule has 0 radical (unpaired) electrons. The summed E-state index contributed by atoms with van der Waals surface area (Å²) in [6.45, 7) is 16.2. The van der Waals surface area contributed by atoms with E-state index in [9.17, 15) is 0 Å². The third-order valence-corrected chi connectivity index (χ3v) is 4.83. The molecule has 0 aliphatic rings. The fourth-order valence-electron chi connectivity index (χ4n) is 3.23. The van der Waals surface area contributed by atoms with Gasteiger partial charge in [-0.2, -0.15) is 0 Å². The molecule has 0 amide bonds. The molecule has 146 valence electrons. The number of hydrogen-bond donors (Lipinski definition) is 1. The van der Waals surface area contributed by atoms with Gasteiger partial charge in [0, 0.05) is 31.9 Å². The summed E-state index contributed by atoms with van der Waals surface area (Å²) in [4.78, 5) is 7.12. The van der Waals surface area contributed by atoms with Crippen LogP contribution in [0.25, 0.3) is 6.08 Å². The third-order valence-electron chi connectivity index (χ3n) is 4.83. The predicted octanol–water partition coefficient (Wildman–Crippen LogP) is 5.65.